The van der Waals surface area contributed by atoms with Crippen molar-refractivity contribution in [2.24, 2.45) is 0 Å². The van der Waals surface area contributed by atoms with E-state index in [1.54, 1.807) is 7.11 Å². The van der Waals surface area contributed by atoms with Crippen LogP contribution in [0.3, 0.4) is 0 Å². The molecule has 2 N–H and O–H groups in total. The van der Waals surface area contributed by atoms with Gasteiger partial charge in [-0.25, -0.2) is 0 Å². The largest absolute Gasteiger partial charge is 0.516 e. The fraction of sp³-hybridized carbons (Fsp3) is 1.00. The van der Waals surface area contributed by atoms with Gasteiger partial charge in [0.2, 0.25) is 0 Å². The molecule has 0 aromatic heterocycles. The average molecular weight is 192 g/mol. The van der Waals surface area contributed by atoms with Gasteiger partial charge in [-0.2, -0.15) is 0 Å². The second-order valence-corrected chi connectivity index (χ2v) is 5.53. The lowest BCUT2D eigenvalue weighted by atomic mass is 10.3. The van der Waals surface area contributed by atoms with Crippen molar-refractivity contribution in [2.45, 2.75) is 26.4 Å². The molecule has 0 saturated carbocycles. The molecule has 1 unspecified atom stereocenters. The quantitative estimate of drug-likeness (QED) is 0.595. The van der Waals surface area contributed by atoms with Crippen LogP contribution in [0, 0.1) is 0 Å². The van der Waals surface area contributed by atoms with E-state index in [1.807, 2.05) is 21.0 Å². The Labute approximate surface area is 76.0 Å². The molecule has 0 bridgehead atoms. The number of rotatable bonds is 6. The first-order chi connectivity index (χ1) is 5.64. The summed E-state index contributed by atoms with van der Waals surface area (Å²) in [5, 5.41) is 0. The molecule has 0 fully saturated rings. The summed E-state index contributed by atoms with van der Waals surface area (Å²) in [6.07, 6.45) is 1.21. The van der Waals surface area contributed by atoms with E-state index < -0.39 is 8.88 Å². The van der Waals surface area contributed by atoms with Crippen molar-refractivity contribution in [1.29, 1.82) is 0 Å². The van der Waals surface area contributed by atoms with E-state index in [0.29, 0.717) is 0 Å². The minimum Gasteiger partial charge on any atom is -0.374 e. The van der Waals surface area contributed by atoms with Gasteiger partial charge in [0.05, 0.1) is 0 Å². The summed E-state index contributed by atoms with van der Waals surface area (Å²) >= 11 is 0. The van der Waals surface area contributed by atoms with Crippen molar-refractivity contribution in [3.05, 3.63) is 0 Å². The summed E-state index contributed by atoms with van der Waals surface area (Å²) in [4.78, 5) is 6.13. The van der Waals surface area contributed by atoms with Crippen molar-refractivity contribution in [2.75, 3.05) is 21.2 Å². The zero-order valence-corrected chi connectivity index (χ0v) is 9.60. The molecule has 0 aliphatic heterocycles. The standard InChI is InChI=1S/C7H20N2O2Si/c1-6-7(2)11-12(8-3,9-4)10-5/h7-9H,6H2,1-5H3. The van der Waals surface area contributed by atoms with Crippen LogP contribution in [-0.4, -0.2) is 36.2 Å². The molecular weight excluding hydrogens is 172 g/mol. The van der Waals surface area contributed by atoms with Gasteiger partial charge >= 0.3 is 8.88 Å². The van der Waals surface area contributed by atoms with E-state index in [-0.39, 0.29) is 6.10 Å². The molecule has 0 radical (unpaired) electrons. The fourth-order valence-electron chi connectivity index (χ4n) is 0.862. The Bertz CT molecular complexity index is 112. The van der Waals surface area contributed by atoms with Crippen molar-refractivity contribution in [3.8, 4) is 0 Å². The van der Waals surface area contributed by atoms with Crippen LogP contribution in [0.25, 0.3) is 0 Å². The summed E-state index contributed by atoms with van der Waals surface area (Å²) in [7, 11) is 3.04. The lowest BCUT2D eigenvalue weighted by Gasteiger charge is -2.29. The Morgan fingerprint density at radius 2 is 1.83 bits per heavy atom. The summed E-state index contributed by atoms with van der Waals surface area (Å²) in [5.74, 6) is 0. The molecule has 0 aromatic rings. The molecule has 12 heavy (non-hydrogen) atoms. The zero-order valence-electron chi connectivity index (χ0n) is 8.60. The van der Waals surface area contributed by atoms with Gasteiger partial charge in [-0.05, 0) is 27.4 Å². The van der Waals surface area contributed by atoms with Crippen LogP contribution < -0.4 is 9.96 Å². The summed E-state index contributed by atoms with van der Waals surface area (Å²) < 4.78 is 11.0. The van der Waals surface area contributed by atoms with Gasteiger partial charge in [-0.15, -0.1) is 0 Å². The highest BCUT2D eigenvalue weighted by atomic mass is 28.4. The van der Waals surface area contributed by atoms with Crippen molar-refractivity contribution in [1.82, 2.24) is 9.96 Å². The van der Waals surface area contributed by atoms with Gasteiger partial charge in [0.1, 0.15) is 0 Å². The Balaban J connectivity index is 4.09. The fourth-order valence-corrected chi connectivity index (χ4v) is 2.59. The van der Waals surface area contributed by atoms with Crippen molar-refractivity contribution in [3.63, 3.8) is 0 Å². The molecule has 0 rings (SSSR count). The van der Waals surface area contributed by atoms with E-state index in [4.69, 9.17) is 8.85 Å². The minimum atomic E-state index is -2.30. The van der Waals surface area contributed by atoms with Gasteiger partial charge in [0.25, 0.3) is 0 Å². The Morgan fingerprint density at radius 3 is 2.08 bits per heavy atom. The minimum absolute atomic E-state index is 0.219. The third kappa shape index (κ3) is 3.20. The number of nitrogens with one attached hydrogen (secondary N) is 2. The molecule has 74 valence electrons. The van der Waals surface area contributed by atoms with Gasteiger partial charge in [0, 0.05) is 13.2 Å². The Morgan fingerprint density at radius 1 is 1.33 bits per heavy atom. The maximum Gasteiger partial charge on any atom is 0.516 e. The molecule has 0 aromatic carbocycles. The second-order valence-electron chi connectivity index (χ2n) is 2.66. The van der Waals surface area contributed by atoms with E-state index in [2.05, 4.69) is 16.9 Å². The Kier molecular flexibility index (Phi) is 5.69. The van der Waals surface area contributed by atoms with Gasteiger partial charge in [0.15, 0.2) is 0 Å². The molecule has 0 heterocycles. The molecule has 1 atom stereocenters. The molecule has 0 spiro atoms. The van der Waals surface area contributed by atoms with Crippen molar-refractivity contribution >= 4 is 8.88 Å². The molecule has 5 heteroatoms. The van der Waals surface area contributed by atoms with E-state index in [9.17, 15) is 0 Å². The second kappa shape index (κ2) is 5.66. The molecule has 4 nitrogen and oxygen atoms in total. The van der Waals surface area contributed by atoms with E-state index >= 15 is 0 Å². The lowest BCUT2D eigenvalue weighted by Crippen LogP contribution is -2.65. The topological polar surface area (TPSA) is 42.5 Å². The third-order valence-electron chi connectivity index (χ3n) is 1.89. The smallest absolute Gasteiger partial charge is 0.374 e. The molecule has 0 amide bonds. The van der Waals surface area contributed by atoms with Gasteiger partial charge in [-0.1, -0.05) is 6.92 Å². The van der Waals surface area contributed by atoms with Crippen LogP contribution in [0.5, 0.6) is 0 Å². The summed E-state index contributed by atoms with van der Waals surface area (Å²) in [5.41, 5.74) is 0. The highest BCUT2D eigenvalue weighted by molar-refractivity contribution is 6.61. The first-order valence-corrected chi connectivity index (χ1v) is 6.06. The van der Waals surface area contributed by atoms with Crippen molar-refractivity contribution < 1.29 is 8.85 Å². The normalized spacial score (nSPS) is 14.8. The maximum atomic E-state index is 5.73. The zero-order chi connectivity index (χ0) is 9.61. The summed E-state index contributed by atoms with van der Waals surface area (Å²) in [6.45, 7) is 4.13. The molecule has 0 aliphatic rings. The number of hydrogen-bond donors (Lipinski definition) is 2. The maximum absolute atomic E-state index is 5.73. The first kappa shape index (κ1) is 12.1. The lowest BCUT2D eigenvalue weighted by molar-refractivity contribution is 0.123. The van der Waals surface area contributed by atoms with Gasteiger partial charge < -0.3 is 8.85 Å². The van der Waals surface area contributed by atoms with Crippen LogP contribution in [0.4, 0.5) is 0 Å². The third-order valence-corrected chi connectivity index (χ3v) is 4.51. The van der Waals surface area contributed by atoms with Crippen LogP contribution in [0.2, 0.25) is 0 Å². The van der Waals surface area contributed by atoms with Crippen LogP contribution in [0.15, 0.2) is 0 Å². The first-order valence-electron chi connectivity index (χ1n) is 4.24. The predicted molar refractivity (Wildman–Crippen MR) is 51.7 cm³/mol. The van der Waals surface area contributed by atoms with E-state index in [1.165, 1.54) is 0 Å². The average Bonchev–Trinajstić information content (AvgIpc) is 2.14. The highest BCUT2D eigenvalue weighted by Crippen LogP contribution is 2.04. The van der Waals surface area contributed by atoms with Crippen LogP contribution in [0.1, 0.15) is 20.3 Å². The molecular formula is C7H20N2O2Si. The van der Waals surface area contributed by atoms with Gasteiger partial charge in [-0.3, -0.25) is 9.96 Å². The summed E-state index contributed by atoms with van der Waals surface area (Å²) in [6, 6.07) is 0. The molecule has 0 saturated heterocycles. The number of hydrogen-bond acceptors (Lipinski definition) is 4. The molecule has 0 aliphatic carbocycles. The monoisotopic (exact) mass is 192 g/mol. The van der Waals surface area contributed by atoms with E-state index in [0.717, 1.165) is 6.42 Å². The predicted octanol–water partition coefficient (Wildman–Crippen LogP) is 0.322. The highest BCUT2D eigenvalue weighted by Gasteiger charge is 2.36. The van der Waals surface area contributed by atoms with Crippen LogP contribution >= 0.6 is 0 Å². The van der Waals surface area contributed by atoms with Crippen LogP contribution in [-0.2, 0) is 8.85 Å². The SMILES string of the molecule is CCC(C)O[Si](NC)(NC)OC. The Hall–Kier alpha value is 0.0569.